The van der Waals surface area contributed by atoms with Crippen molar-refractivity contribution >= 4 is 5.78 Å². The SMILES string of the molecule is Cc1ccc(C(=O)c2c[nH]ccc2=O)c(O)c1. The van der Waals surface area contributed by atoms with Crippen molar-refractivity contribution in [2.75, 3.05) is 0 Å². The van der Waals surface area contributed by atoms with E-state index in [0.29, 0.717) is 0 Å². The van der Waals surface area contributed by atoms with Gasteiger partial charge in [-0.15, -0.1) is 0 Å². The number of carbonyl (C=O) groups is 1. The molecule has 2 rings (SSSR count). The van der Waals surface area contributed by atoms with Gasteiger partial charge in [0, 0.05) is 18.5 Å². The van der Waals surface area contributed by atoms with Gasteiger partial charge in [0.05, 0.1) is 11.1 Å². The molecule has 0 aliphatic carbocycles. The molecule has 0 spiro atoms. The molecule has 0 bridgehead atoms. The zero-order chi connectivity index (χ0) is 12.4. The zero-order valence-electron chi connectivity index (χ0n) is 9.23. The summed E-state index contributed by atoms with van der Waals surface area (Å²) >= 11 is 0. The fourth-order valence-corrected chi connectivity index (χ4v) is 1.57. The molecule has 2 N–H and O–H groups in total. The maximum atomic E-state index is 12.0. The van der Waals surface area contributed by atoms with Crippen LogP contribution in [0.1, 0.15) is 21.5 Å². The van der Waals surface area contributed by atoms with Crippen molar-refractivity contribution in [3.63, 3.8) is 0 Å². The topological polar surface area (TPSA) is 70.2 Å². The van der Waals surface area contributed by atoms with Gasteiger partial charge in [-0.05, 0) is 24.6 Å². The molecule has 4 heteroatoms. The highest BCUT2D eigenvalue weighted by Gasteiger charge is 2.15. The molecule has 0 saturated heterocycles. The van der Waals surface area contributed by atoms with Crippen LogP contribution in [0, 0.1) is 6.92 Å². The van der Waals surface area contributed by atoms with Crippen molar-refractivity contribution in [1.82, 2.24) is 4.98 Å². The van der Waals surface area contributed by atoms with Gasteiger partial charge in [-0.1, -0.05) is 6.07 Å². The number of aromatic amines is 1. The van der Waals surface area contributed by atoms with E-state index in [1.54, 1.807) is 6.07 Å². The lowest BCUT2D eigenvalue weighted by atomic mass is 10.0. The maximum absolute atomic E-state index is 12.0. The number of benzene rings is 1. The van der Waals surface area contributed by atoms with Crippen LogP contribution in [0.3, 0.4) is 0 Å². The maximum Gasteiger partial charge on any atom is 0.202 e. The van der Waals surface area contributed by atoms with E-state index in [-0.39, 0.29) is 22.3 Å². The van der Waals surface area contributed by atoms with Crippen molar-refractivity contribution in [2.24, 2.45) is 0 Å². The Hall–Kier alpha value is -2.36. The van der Waals surface area contributed by atoms with E-state index in [1.165, 1.54) is 30.6 Å². The first kappa shape index (κ1) is 11.1. The van der Waals surface area contributed by atoms with Crippen LogP contribution in [0.5, 0.6) is 5.75 Å². The average Bonchev–Trinajstić information content (AvgIpc) is 2.29. The summed E-state index contributed by atoms with van der Waals surface area (Å²) in [6.07, 6.45) is 2.79. The van der Waals surface area contributed by atoms with Crippen LogP contribution in [0.15, 0.2) is 41.5 Å². The Morgan fingerprint density at radius 3 is 2.65 bits per heavy atom. The lowest BCUT2D eigenvalue weighted by Gasteiger charge is -2.04. The second-order valence-electron chi connectivity index (χ2n) is 3.77. The van der Waals surface area contributed by atoms with Crippen molar-refractivity contribution in [1.29, 1.82) is 0 Å². The van der Waals surface area contributed by atoms with Crippen molar-refractivity contribution in [2.45, 2.75) is 6.92 Å². The highest BCUT2D eigenvalue weighted by molar-refractivity contribution is 6.10. The van der Waals surface area contributed by atoms with Crippen molar-refractivity contribution in [3.8, 4) is 5.75 Å². The molecule has 86 valence electrons. The van der Waals surface area contributed by atoms with Crippen LogP contribution in [0.2, 0.25) is 0 Å². The Kier molecular flexibility index (Phi) is 2.78. The molecule has 0 aliphatic heterocycles. The summed E-state index contributed by atoms with van der Waals surface area (Å²) in [5, 5.41) is 9.68. The summed E-state index contributed by atoms with van der Waals surface area (Å²) < 4.78 is 0. The van der Waals surface area contributed by atoms with Crippen LogP contribution >= 0.6 is 0 Å². The molecule has 0 fully saturated rings. The minimum atomic E-state index is -0.482. The largest absolute Gasteiger partial charge is 0.507 e. The van der Waals surface area contributed by atoms with Gasteiger partial charge >= 0.3 is 0 Å². The number of phenols is 1. The van der Waals surface area contributed by atoms with E-state index < -0.39 is 5.78 Å². The Labute approximate surface area is 97.6 Å². The number of hydrogen-bond acceptors (Lipinski definition) is 3. The molecule has 1 aromatic carbocycles. The molecule has 0 unspecified atom stereocenters. The lowest BCUT2D eigenvalue weighted by Crippen LogP contribution is -2.15. The van der Waals surface area contributed by atoms with Gasteiger partial charge in [0.15, 0.2) is 5.43 Å². The van der Waals surface area contributed by atoms with E-state index in [0.717, 1.165) is 5.56 Å². The van der Waals surface area contributed by atoms with E-state index in [2.05, 4.69) is 4.98 Å². The smallest absolute Gasteiger partial charge is 0.202 e. The van der Waals surface area contributed by atoms with Gasteiger partial charge in [0.2, 0.25) is 5.78 Å². The van der Waals surface area contributed by atoms with Crippen LogP contribution in [-0.4, -0.2) is 15.9 Å². The predicted molar refractivity (Wildman–Crippen MR) is 63.3 cm³/mol. The van der Waals surface area contributed by atoms with E-state index in [9.17, 15) is 14.7 Å². The predicted octanol–water partition coefficient (Wildman–Crippen LogP) is 1.62. The first-order valence-corrected chi connectivity index (χ1v) is 5.11. The summed E-state index contributed by atoms with van der Waals surface area (Å²) in [6.45, 7) is 1.81. The quantitative estimate of drug-likeness (QED) is 0.769. The number of hydrogen-bond donors (Lipinski definition) is 2. The van der Waals surface area contributed by atoms with Crippen LogP contribution < -0.4 is 5.43 Å². The average molecular weight is 229 g/mol. The number of carbonyl (C=O) groups excluding carboxylic acids is 1. The highest BCUT2D eigenvalue weighted by atomic mass is 16.3. The number of ketones is 1. The van der Waals surface area contributed by atoms with Gasteiger partial charge in [0.1, 0.15) is 5.75 Å². The summed E-state index contributed by atoms with van der Waals surface area (Å²) in [6, 6.07) is 5.99. The Morgan fingerprint density at radius 1 is 1.24 bits per heavy atom. The third-order valence-corrected chi connectivity index (χ3v) is 2.47. The zero-order valence-corrected chi connectivity index (χ0v) is 9.23. The number of pyridine rings is 1. The minimum absolute atomic E-state index is 0.0200. The number of aryl methyl sites for hydroxylation is 1. The first-order chi connectivity index (χ1) is 8.09. The molecule has 0 amide bonds. The van der Waals surface area contributed by atoms with Gasteiger partial charge < -0.3 is 10.1 Å². The number of aromatic hydroxyl groups is 1. The second kappa shape index (κ2) is 4.25. The van der Waals surface area contributed by atoms with Gasteiger partial charge in [0.25, 0.3) is 0 Å². The molecule has 0 saturated carbocycles. The van der Waals surface area contributed by atoms with E-state index >= 15 is 0 Å². The van der Waals surface area contributed by atoms with Gasteiger partial charge in [-0.3, -0.25) is 9.59 Å². The fourth-order valence-electron chi connectivity index (χ4n) is 1.57. The summed E-state index contributed by atoms with van der Waals surface area (Å²) in [4.78, 5) is 26.2. The number of H-pyrrole nitrogens is 1. The van der Waals surface area contributed by atoms with Crippen LogP contribution in [0.25, 0.3) is 0 Å². The summed E-state index contributed by atoms with van der Waals surface area (Å²) in [5.41, 5.74) is 0.633. The minimum Gasteiger partial charge on any atom is -0.507 e. The van der Waals surface area contributed by atoms with Gasteiger partial charge in [-0.2, -0.15) is 0 Å². The third kappa shape index (κ3) is 2.10. The van der Waals surface area contributed by atoms with Gasteiger partial charge in [-0.25, -0.2) is 0 Å². The molecule has 0 aliphatic rings. The molecule has 0 atom stereocenters. The van der Waals surface area contributed by atoms with Crippen molar-refractivity contribution < 1.29 is 9.90 Å². The molecule has 2 aromatic rings. The van der Waals surface area contributed by atoms with Crippen LogP contribution in [0.4, 0.5) is 0 Å². The molecule has 1 aromatic heterocycles. The third-order valence-electron chi connectivity index (χ3n) is 2.47. The Morgan fingerprint density at radius 2 is 2.00 bits per heavy atom. The summed E-state index contributed by atoms with van der Waals surface area (Å²) in [5.74, 6) is -0.595. The molecule has 1 heterocycles. The number of phenolic OH excluding ortho intramolecular Hbond substituents is 1. The first-order valence-electron chi connectivity index (χ1n) is 5.11. The molecule has 4 nitrogen and oxygen atoms in total. The number of rotatable bonds is 2. The standard InChI is InChI=1S/C13H11NO3/c1-8-2-3-9(12(16)6-8)13(17)10-7-14-5-4-11(10)15/h2-7,16H,1H3,(H,14,15). The normalized spacial score (nSPS) is 10.2. The monoisotopic (exact) mass is 229 g/mol. The Balaban J connectivity index is 2.52. The van der Waals surface area contributed by atoms with E-state index in [1.807, 2.05) is 6.92 Å². The Bertz CT molecular complexity index is 629. The number of aromatic nitrogens is 1. The second-order valence-corrected chi connectivity index (χ2v) is 3.77. The molecular weight excluding hydrogens is 218 g/mol. The highest BCUT2D eigenvalue weighted by Crippen LogP contribution is 2.20. The summed E-state index contributed by atoms with van der Waals surface area (Å²) in [7, 11) is 0. The lowest BCUT2D eigenvalue weighted by molar-refractivity contribution is 0.103. The van der Waals surface area contributed by atoms with Crippen LogP contribution in [-0.2, 0) is 0 Å². The molecule has 17 heavy (non-hydrogen) atoms. The number of nitrogens with one attached hydrogen (secondary N) is 1. The fraction of sp³-hybridized carbons (Fsp3) is 0.0769. The molecule has 0 radical (unpaired) electrons. The van der Waals surface area contributed by atoms with E-state index in [4.69, 9.17) is 0 Å². The van der Waals surface area contributed by atoms with Crippen molar-refractivity contribution in [3.05, 3.63) is 63.6 Å². The molecular formula is C13H11NO3.